The van der Waals surface area contributed by atoms with Crippen LogP contribution in [-0.4, -0.2) is 27.2 Å². The van der Waals surface area contributed by atoms with E-state index in [1.807, 2.05) is 46.5 Å². The minimum atomic E-state index is -0.0982. The molecule has 0 bridgehead atoms. The van der Waals surface area contributed by atoms with Crippen LogP contribution in [0.4, 0.5) is 5.69 Å². The van der Waals surface area contributed by atoms with Crippen molar-refractivity contribution in [3.63, 3.8) is 0 Å². The fourth-order valence-electron chi connectivity index (χ4n) is 2.43. The minimum Gasteiger partial charge on any atom is -0.319 e. The van der Waals surface area contributed by atoms with Crippen LogP contribution in [0.5, 0.6) is 0 Å². The third kappa shape index (κ3) is 4.16. The number of rotatable bonds is 3. The number of aromatic nitrogens is 2. The van der Waals surface area contributed by atoms with Gasteiger partial charge < -0.3 is 5.32 Å². The predicted molar refractivity (Wildman–Crippen MR) is 104 cm³/mol. The lowest BCUT2D eigenvalue weighted by molar-refractivity contribution is 0.102. The lowest BCUT2D eigenvalue weighted by atomic mass is 10.1. The number of nitrogens with one attached hydrogen (secondary N) is 1. The van der Waals surface area contributed by atoms with Gasteiger partial charge in [-0.2, -0.15) is 5.10 Å². The summed E-state index contributed by atoms with van der Waals surface area (Å²) in [7, 11) is 0. The second-order valence-corrected chi connectivity index (χ2v) is 9.57. The third-order valence-electron chi connectivity index (χ3n) is 3.80. The summed E-state index contributed by atoms with van der Waals surface area (Å²) in [6, 6.07) is 7.97. The molecule has 0 spiro atoms. The Labute approximate surface area is 151 Å². The molecule has 1 aromatic carbocycles. The van der Waals surface area contributed by atoms with E-state index in [9.17, 15) is 4.79 Å². The molecule has 128 valence electrons. The van der Waals surface area contributed by atoms with E-state index in [0.717, 1.165) is 5.69 Å². The van der Waals surface area contributed by atoms with E-state index in [-0.39, 0.29) is 11.4 Å². The van der Waals surface area contributed by atoms with Crippen LogP contribution in [-0.2, 0) is 5.54 Å². The second-order valence-electron chi connectivity index (χ2n) is 6.85. The van der Waals surface area contributed by atoms with Gasteiger partial charge in [-0.05, 0) is 56.4 Å². The average Bonchev–Trinajstić information content (AvgIpc) is 3.05. The van der Waals surface area contributed by atoms with E-state index in [1.54, 1.807) is 6.20 Å². The Morgan fingerprint density at radius 1 is 1.21 bits per heavy atom. The standard InChI is InChI=1S/C18H23N3OS2/c1-18(2,3)21-12-15(11-19-21)20-16(22)13-5-7-14(8-6-13)17-23-9-4-10-24-17/h5-8,11-12,17H,4,9-10H2,1-3H3,(H,20,22). The second kappa shape index (κ2) is 7.23. The molecule has 1 aromatic heterocycles. The molecular weight excluding hydrogens is 338 g/mol. The van der Waals surface area contributed by atoms with Crippen LogP contribution in [0.2, 0.25) is 0 Å². The maximum atomic E-state index is 12.4. The molecule has 3 rings (SSSR count). The Bertz CT molecular complexity index is 698. The number of amides is 1. The van der Waals surface area contributed by atoms with Gasteiger partial charge in [-0.3, -0.25) is 9.48 Å². The van der Waals surface area contributed by atoms with Crippen molar-refractivity contribution < 1.29 is 4.79 Å². The lowest BCUT2D eigenvalue weighted by Gasteiger charge is -2.21. The number of hydrogen-bond acceptors (Lipinski definition) is 4. The summed E-state index contributed by atoms with van der Waals surface area (Å²) in [4.78, 5) is 12.4. The number of anilines is 1. The summed E-state index contributed by atoms with van der Waals surface area (Å²) in [6.07, 6.45) is 4.84. The molecule has 1 aliphatic rings. The number of thioether (sulfide) groups is 2. The van der Waals surface area contributed by atoms with Gasteiger partial charge in [-0.1, -0.05) is 12.1 Å². The van der Waals surface area contributed by atoms with Crippen molar-refractivity contribution in [2.45, 2.75) is 37.3 Å². The van der Waals surface area contributed by atoms with Crippen LogP contribution in [0, 0.1) is 0 Å². The minimum absolute atomic E-state index is 0.0973. The van der Waals surface area contributed by atoms with Gasteiger partial charge in [0.2, 0.25) is 0 Å². The highest BCUT2D eigenvalue weighted by Crippen LogP contribution is 2.43. The van der Waals surface area contributed by atoms with Crippen molar-refractivity contribution in [1.82, 2.24) is 9.78 Å². The highest BCUT2D eigenvalue weighted by molar-refractivity contribution is 8.16. The fraction of sp³-hybridized carbons (Fsp3) is 0.444. The first kappa shape index (κ1) is 17.4. The van der Waals surface area contributed by atoms with Crippen LogP contribution >= 0.6 is 23.5 Å². The van der Waals surface area contributed by atoms with E-state index in [0.29, 0.717) is 10.1 Å². The number of hydrogen-bond donors (Lipinski definition) is 1. The van der Waals surface area contributed by atoms with Gasteiger partial charge in [0.05, 0.1) is 22.0 Å². The van der Waals surface area contributed by atoms with Crippen LogP contribution in [0.1, 0.15) is 47.7 Å². The molecule has 1 amide bonds. The zero-order chi connectivity index (χ0) is 17.2. The Morgan fingerprint density at radius 3 is 2.46 bits per heavy atom. The molecule has 0 radical (unpaired) electrons. The third-order valence-corrected chi connectivity index (χ3v) is 6.82. The molecule has 0 unspecified atom stereocenters. The van der Waals surface area contributed by atoms with Crippen molar-refractivity contribution in [2.24, 2.45) is 0 Å². The first-order chi connectivity index (χ1) is 11.4. The summed E-state index contributed by atoms with van der Waals surface area (Å²) in [6.45, 7) is 6.23. The molecule has 1 fully saturated rings. The molecule has 0 aliphatic carbocycles. The van der Waals surface area contributed by atoms with Gasteiger partial charge in [0.1, 0.15) is 0 Å². The summed E-state index contributed by atoms with van der Waals surface area (Å²) in [5, 5.41) is 7.22. The van der Waals surface area contributed by atoms with E-state index in [2.05, 4.69) is 43.3 Å². The van der Waals surface area contributed by atoms with Gasteiger partial charge in [0.15, 0.2) is 0 Å². The maximum Gasteiger partial charge on any atom is 0.255 e. The molecule has 0 saturated carbocycles. The van der Waals surface area contributed by atoms with Crippen molar-refractivity contribution in [3.05, 3.63) is 47.8 Å². The molecular formula is C18H23N3OS2. The first-order valence-electron chi connectivity index (χ1n) is 8.13. The van der Waals surface area contributed by atoms with Gasteiger partial charge >= 0.3 is 0 Å². The molecule has 2 heterocycles. The summed E-state index contributed by atoms with van der Waals surface area (Å²) >= 11 is 3.98. The van der Waals surface area contributed by atoms with E-state index >= 15 is 0 Å². The van der Waals surface area contributed by atoms with Crippen LogP contribution < -0.4 is 5.32 Å². The van der Waals surface area contributed by atoms with Gasteiger partial charge in [0.25, 0.3) is 5.91 Å². The van der Waals surface area contributed by atoms with Crippen LogP contribution in [0.3, 0.4) is 0 Å². The molecule has 4 nitrogen and oxygen atoms in total. The molecule has 1 aliphatic heterocycles. The van der Waals surface area contributed by atoms with E-state index in [1.165, 1.54) is 23.5 Å². The predicted octanol–water partition coefficient (Wildman–Crippen LogP) is 4.76. The zero-order valence-electron chi connectivity index (χ0n) is 14.3. The quantitative estimate of drug-likeness (QED) is 0.856. The molecule has 0 atom stereocenters. The monoisotopic (exact) mass is 361 g/mol. The fourth-order valence-corrected chi connectivity index (χ4v) is 5.32. The highest BCUT2D eigenvalue weighted by atomic mass is 32.2. The highest BCUT2D eigenvalue weighted by Gasteiger charge is 2.18. The topological polar surface area (TPSA) is 46.9 Å². The smallest absolute Gasteiger partial charge is 0.255 e. The van der Waals surface area contributed by atoms with E-state index < -0.39 is 0 Å². The molecule has 1 saturated heterocycles. The van der Waals surface area contributed by atoms with Gasteiger partial charge in [0, 0.05) is 11.8 Å². The summed E-state index contributed by atoms with van der Waals surface area (Å²) in [5.74, 6) is 2.34. The van der Waals surface area contributed by atoms with Gasteiger partial charge in [-0.15, -0.1) is 23.5 Å². The summed E-state index contributed by atoms with van der Waals surface area (Å²) < 4.78 is 2.35. The Morgan fingerprint density at radius 2 is 1.88 bits per heavy atom. The Balaban J connectivity index is 1.65. The molecule has 24 heavy (non-hydrogen) atoms. The SMILES string of the molecule is CC(C)(C)n1cc(NC(=O)c2ccc(C3SCCCS3)cc2)cn1. The largest absolute Gasteiger partial charge is 0.319 e. The summed E-state index contributed by atoms with van der Waals surface area (Å²) in [5.41, 5.74) is 2.59. The Hall–Kier alpha value is -1.40. The maximum absolute atomic E-state index is 12.4. The number of benzene rings is 1. The van der Waals surface area contributed by atoms with Gasteiger partial charge in [-0.25, -0.2) is 0 Å². The van der Waals surface area contributed by atoms with Crippen molar-refractivity contribution in [1.29, 1.82) is 0 Å². The van der Waals surface area contributed by atoms with Crippen LogP contribution in [0.15, 0.2) is 36.7 Å². The van der Waals surface area contributed by atoms with Crippen LogP contribution in [0.25, 0.3) is 0 Å². The van der Waals surface area contributed by atoms with E-state index in [4.69, 9.17) is 0 Å². The normalized spacial score (nSPS) is 16.1. The zero-order valence-corrected chi connectivity index (χ0v) is 15.9. The van der Waals surface area contributed by atoms with Crippen molar-refractivity contribution >= 4 is 35.1 Å². The average molecular weight is 362 g/mol. The lowest BCUT2D eigenvalue weighted by Crippen LogP contribution is -2.22. The molecule has 2 aromatic rings. The van der Waals surface area contributed by atoms with Crippen molar-refractivity contribution in [3.8, 4) is 0 Å². The molecule has 6 heteroatoms. The number of carbonyl (C=O) groups is 1. The first-order valence-corrected chi connectivity index (χ1v) is 10.2. The van der Waals surface area contributed by atoms with Crippen molar-refractivity contribution in [2.75, 3.05) is 16.8 Å². The Kier molecular flexibility index (Phi) is 5.25. The number of carbonyl (C=O) groups excluding carboxylic acids is 1. The molecule has 1 N–H and O–H groups in total. The number of nitrogens with zero attached hydrogens (tertiary/aromatic N) is 2.